The van der Waals surface area contributed by atoms with Crippen LogP contribution in [0.15, 0.2) is 122 Å². The number of para-hydroxylation sites is 1. The smallest absolute Gasteiger partial charge is 0.410 e. The van der Waals surface area contributed by atoms with Crippen molar-refractivity contribution in [1.29, 1.82) is 0 Å². The van der Waals surface area contributed by atoms with Crippen LogP contribution in [-0.2, 0) is 11.3 Å². The van der Waals surface area contributed by atoms with Gasteiger partial charge in [0.1, 0.15) is 29.6 Å². The van der Waals surface area contributed by atoms with Gasteiger partial charge in [0.2, 0.25) is 0 Å². The number of alkyl halides is 1. The molecule has 0 aliphatic carbocycles. The molecule has 1 saturated heterocycles. The van der Waals surface area contributed by atoms with Crippen LogP contribution in [0.25, 0.3) is 49.8 Å². The topological polar surface area (TPSA) is 81.8 Å². The van der Waals surface area contributed by atoms with Crippen molar-refractivity contribution >= 4 is 33.4 Å². The fourth-order valence-corrected chi connectivity index (χ4v) is 5.96. The Bertz CT molecular complexity index is 2220. The molecule has 2 atom stereocenters. The molecule has 1 aliphatic rings. The molecule has 226 valence electrons. The van der Waals surface area contributed by atoms with Crippen molar-refractivity contribution in [2.75, 3.05) is 13.1 Å². The van der Waals surface area contributed by atoms with Crippen molar-refractivity contribution in [3.05, 3.63) is 127 Å². The Morgan fingerprint density at radius 1 is 0.848 bits per heavy atom. The standard InChI is InChI=1S/C37H28FN5O3/c38-30-21-42(37(44)45-23-24-10-11-25-5-1-2-6-27(25)17-24)22-34(30)46-33-9-3-7-26-12-13-31(41-36(26)33)32-20-40-35-18-28(14-16-43(32)35)29-8-4-15-39-19-29/h1-20,30,34H,21-23H2. The Hall–Kier alpha value is -5.83. The molecule has 4 aromatic heterocycles. The highest BCUT2D eigenvalue weighted by Crippen LogP contribution is 2.31. The SMILES string of the molecule is O=C(OCc1ccc2ccccc2c1)N1CC(F)C(Oc2cccc3ccc(-c4cnc5cc(-c6cccnc6)ccn45)nc23)C1. The maximum Gasteiger partial charge on any atom is 0.410 e. The maximum absolute atomic E-state index is 15.2. The van der Waals surface area contributed by atoms with Crippen LogP contribution < -0.4 is 4.74 Å². The monoisotopic (exact) mass is 609 g/mol. The molecule has 2 unspecified atom stereocenters. The molecule has 1 fully saturated rings. The molecule has 1 amide bonds. The quantitative estimate of drug-likeness (QED) is 0.194. The number of carbonyl (C=O) groups excluding carboxylic acids is 1. The number of aromatic nitrogens is 4. The normalized spacial score (nSPS) is 16.3. The van der Waals surface area contributed by atoms with E-state index >= 15 is 4.39 Å². The highest BCUT2D eigenvalue weighted by molar-refractivity contribution is 5.87. The van der Waals surface area contributed by atoms with Crippen LogP contribution in [0.3, 0.4) is 0 Å². The molecule has 5 heterocycles. The number of benzene rings is 3. The van der Waals surface area contributed by atoms with Crippen LogP contribution in [0.1, 0.15) is 5.56 Å². The molecule has 0 bridgehead atoms. The minimum Gasteiger partial charge on any atom is -0.483 e. The Balaban J connectivity index is 0.991. The first-order valence-electron chi connectivity index (χ1n) is 15.1. The molecule has 0 radical (unpaired) electrons. The van der Waals surface area contributed by atoms with Crippen LogP contribution >= 0.6 is 0 Å². The van der Waals surface area contributed by atoms with Gasteiger partial charge in [0.15, 0.2) is 6.17 Å². The highest BCUT2D eigenvalue weighted by atomic mass is 19.1. The summed E-state index contributed by atoms with van der Waals surface area (Å²) < 4.78 is 29.0. The number of imidazole rings is 1. The summed E-state index contributed by atoms with van der Waals surface area (Å²) in [4.78, 5) is 28.0. The molecular formula is C37H28FN5O3. The molecule has 1 aliphatic heterocycles. The van der Waals surface area contributed by atoms with E-state index in [-0.39, 0.29) is 19.7 Å². The predicted molar refractivity (Wildman–Crippen MR) is 174 cm³/mol. The lowest BCUT2D eigenvalue weighted by molar-refractivity contribution is 0.0992. The number of halogens is 1. The van der Waals surface area contributed by atoms with E-state index in [1.54, 1.807) is 18.5 Å². The lowest BCUT2D eigenvalue weighted by Gasteiger charge is -2.18. The van der Waals surface area contributed by atoms with Gasteiger partial charge in [0.25, 0.3) is 0 Å². The second-order valence-corrected chi connectivity index (χ2v) is 11.4. The molecule has 8 rings (SSSR count). The van der Waals surface area contributed by atoms with Gasteiger partial charge in [-0.15, -0.1) is 0 Å². The molecule has 7 aromatic rings. The van der Waals surface area contributed by atoms with Crippen molar-refractivity contribution in [1.82, 2.24) is 24.3 Å². The number of nitrogens with zero attached hydrogens (tertiary/aromatic N) is 5. The molecule has 46 heavy (non-hydrogen) atoms. The zero-order chi connectivity index (χ0) is 31.0. The summed E-state index contributed by atoms with van der Waals surface area (Å²) in [7, 11) is 0. The third-order valence-electron chi connectivity index (χ3n) is 8.37. The minimum atomic E-state index is -1.38. The first kappa shape index (κ1) is 27.7. The highest BCUT2D eigenvalue weighted by Gasteiger charge is 2.38. The third-order valence-corrected chi connectivity index (χ3v) is 8.37. The van der Waals surface area contributed by atoms with Crippen LogP contribution in [-0.4, -0.2) is 55.7 Å². The number of amides is 1. The Kier molecular flexibility index (Phi) is 6.98. The predicted octanol–water partition coefficient (Wildman–Crippen LogP) is 7.50. The van der Waals surface area contributed by atoms with Crippen molar-refractivity contribution in [2.45, 2.75) is 18.9 Å². The summed E-state index contributed by atoms with van der Waals surface area (Å²) in [6.07, 6.45) is 4.52. The van der Waals surface area contributed by atoms with Gasteiger partial charge < -0.3 is 14.4 Å². The van der Waals surface area contributed by atoms with E-state index < -0.39 is 18.4 Å². The number of fused-ring (bicyclic) bond motifs is 3. The van der Waals surface area contributed by atoms with Crippen molar-refractivity contribution in [2.24, 2.45) is 0 Å². The second kappa shape index (κ2) is 11.6. The van der Waals surface area contributed by atoms with Crippen molar-refractivity contribution in [3.8, 4) is 28.3 Å². The second-order valence-electron chi connectivity index (χ2n) is 11.4. The molecule has 3 aromatic carbocycles. The summed E-state index contributed by atoms with van der Waals surface area (Å²) in [6.45, 7) is 0.0700. The largest absolute Gasteiger partial charge is 0.483 e. The van der Waals surface area contributed by atoms with Gasteiger partial charge in [-0.05, 0) is 58.3 Å². The zero-order valence-corrected chi connectivity index (χ0v) is 24.7. The van der Waals surface area contributed by atoms with Crippen molar-refractivity contribution < 1.29 is 18.7 Å². The Morgan fingerprint density at radius 2 is 1.72 bits per heavy atom. The van der Waals surface area contributed by atoms with E-state index in [9.17, 15) is 4.79 Å². The molecule has 8 nitrogen and oxygen atoms in total. The molecule has 0 N–H and O–H groups in total. The summed E-state index contributed by atoms with van der Waals surface area (Å²) in [5.74, 6) is 0.450. The van der Waals surface area contributed by atoms with E-state index in [2.05, 4.69) is 9.97 Å². The maximum atomic E-state index is 15.2. The van der Waals surface area contributed by atoms with Crippen LogP contribution in [0.2, 0.25) is 0 Å². The number of ether oxygens (including phenoxy) is 2. The lowest BCUT2D eigenvalue weighted by atomic mass is 10.1. The average molecular weight is 610 g/mol. The van der Waals surface area contributed by atoms with E-state index in [1.807, 2.05) is 108 Å². The minimum absolute atomic E-state index is 0.0698. The number of pyridine rings is 3. The number of hydrogen-bond donors (Lipinski definition) is 0. The van der Waals surface area contributed by atoms with Gasteiger partial charge in [-0.1, -0.05) is 60.7 Å². The Morgan fingerprint density at radius 3 is 2.61 bits per heavy atom. The number of rotatable bonds is 6. The molecule has 9 heteroatoms. The molecule has 0 saturated carbocycles. The van der Waals surface area contributed by atoms with Gasteiger partial charge >= 0.3 is 6.09 Å². The number of likely N-dealkylation sites (tertiary alicyclic amines) is 1. The Labute approximate surface area is 263 Å². The van der Waals surface area contributed by atoms with Gasteiger partial charge in [-0.2, -0.15) is 0 Å². The fraction of sp³-hybridized carbons (Fsp3) is 0.135. The third kappa shape index (κ3) is 5.26. The number of hydrogen-bond acceptors (Lipinski definition) is 6. The summed E-state index contributed by atoms with van der Waals surface area (Å²) in [5, 5.41) is 3.04. The average Bonchev–Trinajstić information content (AvgIpc) is 3.70. The lowest BCUT2D eigenvalue weighted by Crippen LogP contribution is -2.31. The molecular weight excluding hydrogens is 581 g/mol. The van der Waals surface area contributed by atoms with Crippen LogP contribution in [0.4, 0.5) is 9.18 Å². The summed E-state index contributed by atoms with van der Waals surface area (Å²) in [5.41, 5.74) is 5.79. The van der Waals surface area contributed by atoms with E-state index in [1.165, 1.54) is 4.90 Å². The zero-order valence-electron chi connectivity index (χ0n) is 24.7. The van der Waals surface area contributed by atoms with Crippen LogP contribution in [0.5, 0.6) is 5.75 Å². The van der Waals surface area contributed by atoms with Gasteiger partial charge in [-0.25, -0.2) is 19.2 Å². The van der Waals surface area contributed by atoms with Gasteiger partial charge in [0.05, 0.1) is 30.7 Å². The first-order chi connectivity index (χ1) is 22.6. The van der Waals surface area contributed by atoms with E-state index in [0.29, 0.717) is 17.0 Å². The van der Waals surface area contributed by atoms with E-state index in [0.717, 1.165) is 44.2 Å². The van der Waals surface area contributed by atoms with Gasteiger partial charge in [0, 0.05) is 29.5 Å². The van der Waals surface area contributed by atoms with Crippen LogP contribution in [0, 0.1) is 0 Å². The first-order valence-corrected chi connectivity index (χ1v) is 15.1. The summed E-state index contributed by atoms with van der Waals surface area (Å²) in [6, 6.07) is 31.3. The van der Waals surface area contributed by atoms with Crippen molar-refractivity contribution in [3.63, 3.8) is 0 Å². The van der Waals surface area contributed by atoms with E-state index in [4.69, 9.17) is 14.5 Å². The summed E-state index contributed by atoms with van der Waals surface area (Å²) >= 11 is 0. The molecule has 0 spiro atoms. The van der Waals surface area contributed by atoms with Gasteiger partial charge in [-0.3, -0.25) is 9.38 Å². The fourth-order valence-electron chi connectivity index (χ4n) is 5.96. The number of carbonyl (C=O) groups is 1.